The third kappa shape index (κ3) is 3.49. The maximum absolute atomic E-state index is 12.2. The molecule has 0 aliphatic heterocycles. The number of carbonyl (C=O) groups excluding carboxylic acids is 1. The van der Waals surface area contributed by atoms with Crippen LogP contribution in [0.5, 0.6) is 0 Å². The Kier molecular flexibility index (Phi) is 4.27. The summed E-state index contributed by atoms with van der Waals surface area (Å²) in [5.74, 6) is -0.205. The summed E-state index contributed by atoms with van der Waals surface area (Å²) in [7, 11) is 0. The Morgan fingerprint density at radius 1 is 1.17 bits per heavy atom. The highest BCUT2D eigenvalue weighted by molar-refractivity contribution is 7.20. The van der Waals surface area contributed by atoms with Crippen molar-refractivity contribution in [2.75, 3.05) is 0 Å². The Balaban J connectivity index is 1.75. The first-order chi connectivity index (χ1) is 11.0. The van der Waals surface area contributed by atoms with Crippen LogP contribution in [-0.4, -0.2) is 10.8 Å². The van der Waals surface area contributed by atoms with Crippen LogP contribution < -0.4 is 5.32 Å². The van der Waals surface area contributed by atoms with Gasteiger partial charge in [-0.15, -0.1) is 11.3 Å². The molecule has 0 saturated heterocycles. The molecule has 1 amide bonds. The topological polar surface area (TPSA) is 72.2 Å². The molecule has 0 radical (unpaired) electrons. The zero-order chi connectivity index (χ0) is 16.4. The van der Waals surface area contributed by atoms with E-state index in [9.17, 15) is 14.9 Å². The van der Waals surface area contributed by atoms with E-state index in [0.717, 1.165) is 10.3 Å². The van der Waals surface area contributed by atoms with Gasteiger partial charge in [0.1, 0.15) is 0 Å². The van der Waals surface area contributed by atoms with Crippen molar-refractivity contribution >= 4 is 44.6 Å². The molecule has 0 spiro atoms. The van der Waals surface area contributed by atoms with E-state index < -0.39 is 4.92 Å². The molecule has 0 aliphatic rings. The molecule has 23 heavy (non-hydrogen) atoms. The van der Waals surface area contributed by atoms with Crippen molar-refractivity contribution in [3.63, 3.8) is 0 Å². The van der Waals surface area contributed by atoms with Crippen LogP contribution in [0.1, 0.15) is 15.2 Å². The van der Waals surface area contributed by atoms with E-state index in [-0.39, 0.29) is 11.6 Å². The molecule has 0 unspecified atom stereocenters. The molecule has 3 rings (SSSR count). The second kappa shape index (κ2) is 6.36. The lowest BCUT2D eigenvalue weighted by Gasteiger charge is -2.03. The number of amides is 1. The van der Waals surface area contributed by atoms with E-state index in [1.54, 1.807) is 24.3 Å². The van der Waals surface area contributed by atoms with Crippen molar-refractivity contribution in [1.82, 2.24) is 5.32 Å². The van der Waals surface area contributed by atoms with E-state index in [4.69, 9.17) is 11.6 Å². The molecule has 5 nitrogen and oxygen atoms in total. The third-order valence-electron chi connectivity index (χ3n) is 3.30. The standard InChI is InChI=1S/C16H11ClN2O3S/c17-12-3-1-10(2-4-12)9-18-16(20)15-8-11-7-13(19(21)22)5-6-14(11)23-15/h1-8H,9H2,(H,18,20). The minimum atomic E-state index is -0.447. The van der Waals surface area contributed by atoms with Crippen molar-refractivity contribution < 1.29 is 9.72 Å². The van der Waals surface area contributed by atoms with Crippen LogP contribution in [-0.2, 0) is 6.54 Å². The summed E-state index contributed by atoms with van der Waals surface area (Å²) in [4.78, 5) is 23.1. The summed E-state index contributed by atoms with van der Waals surface area (Å²) in [6, 6.07) is 13.5. The summed E-state index contributed by atoms with van der Waals surface area (Å²) in [6.07, 6.45) is 0. The first-order valence-corrected chi connectivity index (χ1v) is 7.93. The Hall–Kier alpha value is -2.44. The molecule has 1 N–H and O–H groups in total. The maximum Gasteiger partial charge on any atom is 0.270 e. The van der Waals surface area contributed by atoms with Gasteiger partial charge in [0, 0.05) is 33.8 Å². The largest absolute Gasteiger partial charge is 0.347 e. The van der Waals surface area contributed by atoms with Gasteiger partial charge < -0.3 is 5.32 Å². The van der Waals surface area contributed by atoms with Gasteiger partial charge in [0.2, 0.25) is 0 Å². The van der Waals surface area contributed by atoms with Crippen molar-refractivity contribution in [1.29, 1.82) is 0 Å². The van der Waals surface area contributed by atoms with Gasteiger partial charge in [-0.05, 0) is 29.8 Å². The number of nitro groups is 1. The number of carbonyl (C=O) groups is 1. The molecule has 0 bridgehead atoms. The average molecular weight is 347 g/mol. The van der Waals surface area contributed by atoms with Crippen molar-refractivity contribution in [2.45, 2.75) is 6.54 Å². The second-order valence-corrected chi connectivity index (χ2v) is 6.42. The summed E-state index contributed by atoms with van der Waals surface area (Å²) in [6.45, 7) is 0.393. The average Bonchev–Trinajstić information content (AvgIpc) is 2.97. The monoisotopic (exact) mass is 346 g/mol. The predicted octanol–water partition coefficient (Wildman–Crippen LogP) is 4.39. The second-order valence-electron chi connectivity index (χ2n) is 4.90. The van der Waals surface area contributed by atoms with E-state index in [1.165, 1.54) is 23.5 Å². The molecular formula is C16H11ClN2O3S. The van der Waals surface area contributed by atoms with Crippen molar-refractivity contribution in [3.05, 3.63) is 74.1 Å². The van der Waals surface area contributed by atoms with Crippen LogP contribution in [0.2, 0.25) is 5.02 Å². The number of nitrogens with one attached hydrogen (secondary N) is 1. The lowest BCUT2D eigenvalue weighted by Crippen LogP contribution is -2.21. The SMILES string of the molecule is O=C(NCc1ccc(Cl)cc1)c1cc2cc([N+](=O)[O-])ccc2s1. The van der Waals surface area contributed by atoms with Gasteiger partial charge in [-0.3, -0.25) is 14.9 Å². The summed E-state index contributed by atoms with van der Waals surface area (Å²) >= 11 is 7.12. The van der Waals surface area contributed by atoms with Crippen molar-refractivity contribution in [2.24, 2.45) is 0 Å². The van der Waals surface area contributed by atoms with Crippen LogP contribution in [0.15, 0.2) is 48.5 Å². The highest BCUT2D eigenvalue weighted by Gasteiger charge is 2.13. The van der Waals surface area contributed by atoms with Crippen LogP contribution >= 0.6 is 22.9 Å². The molecule has 0 fully saturated rings. The van der Waals surface area contributed by atoms with Crippen LogP contribution in [0, 0.1) is 10.1 Å². The number of halogens is 1. The van der Waals surface area contributed by atoms with E-state index in [0.29, 0.717) is 21.8 Å². The van der Waals surface area contributed by atoms with E-state index >= 15 is 0 Å². The van der Waals surface area contributed by atoms with Crippen molar-refractivity contribution in [3.8, 4) is 0 Å². The quantitative estimate of drug-likeness (QED) is 0.562. The molecule has 0 saturated carbocycles. The zero-order valence-electron chi connectivity index (χ0n) is 11.8. The van der Waals surface area contributed by atoms with E-state index in [2.05, 4.69) is 5.32 Å². The minimum absolute atomic E-state index is 0.0171. The number of non-ortho nitro benzene ring substituents is 1. The number of fused-ring (bicyclic) bond motifs is 1. The van der Waals surface area contributed by atoms with Crippen LogP contribution in [0.3, 0.4) is 0 Å². The minimum Gasteiger partial charge on any atom is -0.347 e. The molecule has 0 atom stereocenters. The van der Waals surface area contributed by atoms with Gasteiger partial charge in [0.05, 0.1) is 9.80 Å². The number of benzene rings is 2. The number of hydrogen-bond donors (Lipinski definition) is 1. The zero-order valence-corrected chi connectivity index (χ0v) is 13.4. The van der Waals surface area contributed by atoms with Crippen LogP contribution in [0.25, 0.3) is 10.1 Å². The Labute approximate surface area is 140 Å². The van der Waals surface area contributed by atoms with Gasteiger partial charge in [0.15, 0.2) is 0 Å². The molecular weight excluding hydrogens is 336 g/mol. The van der Waals surface area contributed by atoms with Gasteiger partial charge in [0.25, 0.3) is 11.6 Å². The summed E-state index contributed by atoms with van der Waals surface area (Å²) < 4.78 is 0.840. The van der Waals surface area contributed by atoms with Gasteiger partial charge in [-0.25, -0.2) is 0 Å². The summed E-state index contributed by atoms with van der Waals surface area (Å²) in [5, 5.41) is 15.0. The first kappa shape index (κ1) is 15.5. The highest BCUT2D eigenvalue weighted by atomic mass is 35.5. The normalized spacial score (nSPS) is 10.7. The third-order valence-corrected chi connectivity index (χ3v) is 4.67. The lowest BCUT2D eigenvalue weighted by atomic mass is 10.2. The lowest BCUT2D eigenvalue weighted by molar-refractivity contribution is -0.384. The molecule has 2 aromatic carbocycles. The van der Waals surface area contributed by atoms with Gasteiger partial charge >= 0.3 is 0 Å². The van der Waals surface area contributed by atoms with E-state index in [1.807, 2.05) is 12.1 Å². The number of hydrogen-bond acceptors (Lipinski definition) is 4. The molecule has 0 aliphatic carbocycles. The molecule has 7 heteroatoms. The van der Waals surface area contributed by atoms with Gasteiger partial charge in [-0.2, -0.15) is 0 Å². The molecule has 3 aromatic rings. The Morgan fingerprint density at radius 2 is 1.91 bits per heavy atom. The number of nitro benzene ring substituents is 1. The highest BCUT2D eigenvalue weighted by Crippen LogP contribution is 2.28. The fourth-order valence-corrected chi connectivity index (χ4v) is 3.21. The number of rotatable bonds is 4. The summed E-state index contributed by atoms with van der Waals surface area (Å²) in [5.41, 5.74) is 0.961. The van der Waals surface area contributed by atoms with Gasteiger partial charge in [-0.1, -0.05) is 23.7 Å². The Morgan fingerprint density at radius 3 is 2.61 bits per heavy atom. The Bertz CT molecular complexity index is 890. The molecule has 1 aromatic heterocycles. The smallest absolute Gasteiger partial charge is 0.270 e. The predicted molar refractivity (Wildman–Crippen MR) is 91.1 cm³/mol. The number of thiophene rings is 1. The van der Waals surface area contributed by atoms with Crippen LogP contribution in [0.4, 0.5) is 5.69 Å². The number of nitrogens with zero attached hydrogens (tertiary/aromatic N) is 1. The maximum atomic E-state index is 12.2. The fraction of sp³-hybridized carbons (Fsp3) is 0.0625. The molecule has 116 valence electrons. The first-order valence-electron chi connectivity index (χ1n) is 6.73. The fourth-order valence-electron chi connectivity index (χ4n) is 2.13. The molecule has 1 heterocycles.